The van der Waals surface area contributed by atoms with Gasteiger partial charge in [-0.1, -0.05) is 35.9 Å². The van der Waals surface area contributed by atoms with E-state index >= 15 is 0 Å². The predicted molar refractivity (Wildman–Crippen MR) is 118 cm³/mol. The summed E-state index contributed by atoms with van der Waals surface area (Å²) in [4.78, 5) is 38.8. The highest BCUT2D eigenvalue weighted by Gasteiger charge is 2.21. The summed E-state index contributed by atoms with van der Waals surface area (Å²) < 4.78 is 20.8. The van der Waals surface area contributed by atoms with Gasteiger partial charge in [0, 0.05) is 30.8 Å². The molecule has 0 spiro atoms. The molecule has 3 aromatic rings. The smallest absolute Gasteiger partial charge is 0.352 e. The number of benzene rings is 2. The molecule has 3 rings (SSSR count). The monoisotopic (exact) mass is 460 g/mol. The van der Waals surface area contributed by atoms with E-state index in [-0.39, 0.29) is 24.3 Å². The normalized spacial score (nSPS) is 10.9. The van der Waals surface area contributed by atoms with Crippen LogP contribution in [0.2, 0.25) is 5.02 Å². The second-order valence-electron chi connectivity index (χ2n) is 7.06. The van der Waals surface area contributed by atoms with E-state index in [9.17, 15) is 18.8 Å². The highest BCUT2D eigenvalue weighted by Crippen LogP contribution is 2.18. The number of carbonyl (C=O) groups excluding carboxylic acids is 1. The lowest BCUT2D eigenvalue weighted by Gasteiger charge is -2.13. The first kappa shape index (κ1) is 23.4. The molecule has 8 nitrogen and oxygen atoms in total. The van der Waals surface area contributed by atoms with Gasteiger partial charge in [-0.05, 0) is 37.1 Å². The van der Waals surface area contributed by atoms with Crippen LogP contribution >= 0.6 is 11.6 Å². The Morgan fingerprint density at radius 1 is 1.22 bits per heavy atom. The van der Waals surface area contributed by atoms with Crippen LogP contribution in [0.1, 0.15) is 28.0 Å². The molecule has 2 aromatic carbocycles. The van der Waals surface area contributed by atoms with Crippen molar-refractivity contribution in [3.05, 3.63) is 91.0 Å². The molecule has 10 heteroatoms. The number of nitrogens with one attached hydrogen (secondary N) is 1. The molecule has 0 atom stereocenters. The number of methoxy groups -OCH3 is 1. The van der Waals surface area contributed by atoms with Crippen molar-refractivity contribution in [1.82, 2.24) is 19.7 Å². The van der Waals surface area contributed by atoms with Gasteiger partial charge in [0.2, 0.25) is 5.69 Å². The first-order valence-electron chi connectivity index (χ1n) is 9.84. The van der Waals surface area contributed by atoms with Gasteiger partial charge < -0.3 is 10.1 Å². The van der Waals surface area contributed by atoms with Gasteiger partial charge in [0.15, 0.2) is 0 Å². The van der Waals surface area contributed by atoms with Crippen LogP contribution in [-0.4, -0.2) is 40.5 Å². The zero-order chi connectivity index (χ0) is 23.3. The van der Waals surface area contributed by atoms with Crippen molar-refractivity contribution >= 4 is 17.5 Å². The highest BCUT2D eigenvalue weighted by atomic mass is 35.5. The Balaban J connectivity index is 2.13. The third kappa shape index (κ3) is 5.12. The van der Waals surface area contributed by atoms with E-state index in [1.165, 1.54) is 31.4 Å². The minimum Gasteiger partial charge on any atom is -0.385 e. The maximum Gasteiger partial charge on any atom is 0.352 e. The van der Waals surface area contributed by atoms with E-state index in [1.807, 2.05) is 0 Å². The molecule has 0 unspecified atom stereocenters. The molecule has 0 radical (unpaired) electrons. The molecule has 0 aliphatic heterocycles. The van der Waals surface area contributed by atoms with Crippen molar-refractivity contribution in [2.45, 2.75) is 19.9 Å². The van der Waals surface area contributed by atoms with E-state index in [0.717, 1.165) is 14.8 Å². The Kier molecular flexibility index (Phi) is 7.55. The number of aryl methyl sites for hydroxylation is 1. The van der Waals surface area contributed by atoms with E-state index in [0.29, 0.717) is 18.1 Å². The van der Waals surface area contributed by atoms with Gasteiger partial charge in [0.25, 0.3) is 11.5 Å². The number of hydrogen-bond acceptors (Lipinski definition) is 5. The zero-order valence-electron chi connectivity index (χ0n) is 17.6. The quantitative estimate of drug-likeness (QED) is 0.520. The average Bonchev–Trinajstić information content (AvgIpc) is 2.77. The van der Waals surface area contributed by atoms with Crippen LogP contribution < -0.4 is 16.6 Å². The third-order valence-electron chi connectivity index (χ3n) is 4.77. The van der Waals surface area contributed by atoms with Crippen LogP contribution in [0.5, 0.6) is 0 Å². The van der Waals surface area contributed by atoms with Crippen molar-refractivity contribution in [2.24, 2.45) is 0 Å². The van der Waals surface area contributed by atoms with Crippen molar-refractivity contribution < 1.29 is 13.9 Å². The SMILES string of the molecule is COCCCNC(=O)c1nn(-c2ccc(C)c(Cl)c2)c(=O)n(Cc2ccccc2F)c1=O. The Hall–Kier alpha value is -3.30. The largest absolute Gasteiger partial charge is 0.385 e. The van der Waals surface area contributed by atoms with E-state index in [2.05, 4.69) is 10.4 Å². The van der Waals surface area contributed by atoms with Crippen LogP contribution in [0, 0.1) is 12.7 Å². The molecule has 1 N–H and O–H groups in total. The summed E-state index contributed by atoms with van der Waals surface area (Å²) in [6.07, 6.45) is 0.527. The van der Waals surface area contributed by atoms with Crippen LogP contribution in [0.15, 0.2) is 52.1 Å². The predicted octanol–water partition coefficient (Wildman–Crippen LogP) is 2.31. The fourth-order valence-corrected chi connectivity index (χ4v) is 3.15. The molecule has 0 saturated carbocycles. The minimum absolute atomic E-state index is 0.123. The summed E-state index contributed by atoms with van der Waals surface area (Å²) in [5.74, 6) is -1.33. The number of nitrogens with zero attached hydrogens (tertiary/aromatic N) is 3. The molecule has 0 aliphatic rings. The Morgan fingerprint density at radius 3 is 2.66 bits per heavy atom. The second-order valence-corrected chi connectivity index (χ2v) is 7.47. The van der Waals surface area contributed by atoms with Crippen LogP contribution in [0.3, 0.4) is 0 Å². The first-order valence-corrected chi connectivity index (χ1v) is 10.2. The van der Waals surface area contributed by atoms with E-state index < -0.39 is 28.7 Å². The standard InChI is InChI=1S/C22H22ClFN4O4/c1-14-8-9-16(12-17(14)23)28-22(31)27(13-15-6-3-4-7-18(15)24)21(30)19(26-28)20(29)25-10-5-11-32-2/h3-4,6-9,12H,5,10-11,13H2,1-2H3,(H,25,29). The van der Waals surface area contributed by atoms with Gasteiger partial charge in [-0.2, -0.15) is 9.78 Å². The molecular weight excluding hydrogens is 439 g/mol. The van der Waals surface area contributed by atoms with Crippen LogP contribution in [-0.2, 0) is 11.3 Å². The summed E-state index contributed by atoms with van der Waals surface area (Å²) in [6, 6.07) is 10.5. The lowest BCUT2D eigenvalue weighted by Crippen LogP contribution is -2.46. The lowest BCUT2D eigenvalue weighted by molar-refractivity contribution is 0.0938. The van der Waals surface area contributed by atoms with Crippen molar-refractivity contribution in [1.29, 1.82) is 0 Å². The van der Waals surface area contributed by atoms with Crippen molar-refractivity contribution in [3.8, 4) is 5.69 Å². The maximum atomic E-state index is 14.2. The number of carbonyl (C=O) groups is 1. The molecule has 0 aliphatic carbocycles. The average molecular weight is 461 g/mol. The molecule has 168 valence electrons. The van der Waals surface area contributed by atoms with Crippen LogP contribution in [0.25, 0.3) is 5.69 Å². The highest BCUT2D eigenvalue weighted by molar-refractivity contribution is 6.31. The number of ether oxygens (including phenoxy) is 1. The number of aromatic nitrogens is 3. The molecule has 1 aromatic heterocycles. The summed E-state index contributed by atoms with van der Waals surface area (Å²) in [5, 5.41) is 6.98. The van der Waals surface area contributed by atoms with Gasteiger partial charge >= 0.3 is 5.69 Å². The number of halogens is 2. The molecule has 1 amide bonds. The number of hydrogen-bond donors (Lipinski definition) is 1. The van der Waals surface area contributed by atoms with Gasteiger partial charge in [-0.3, -0.25) is 14.2 Å². The molecule has 1 heterocycles. The number of rotatable bonds is 8. The molecule has 0 fully saturated rings. The second kappa shape index (κ2) is 10.3. The van der Waals surface area contributed by atoms with E-state index in [1.54, 1.807) is 25.1 Å². The molecule has 0 bridgehead atoms. The van der Waals surface area contributed by atoms with Gasteiger partial charge in [0.1, 0.15) is 5.82 Å². The summed E-state index contributed by atoms with van der Waals surface area (Å²) in [7, 11) is 1.54. The fraction of sp³-hybridized carbons (Fsp3) is 0.273. The van der Waals surface area contributed by atoms with Crippen LogP contribution in [0.4, 0.5) is 4.39 Å². The number of amides is 1. The minimum atomic E-state index is -0.919. The maximum absolute atomic E-state index is 14.2. The van der Waals surface area contributed by atoms with Crippen molar-refractivity contribution in [3.63, 3.8) is 0 Å². The van der Waals surface area contributed by atoms with Gasteiger partial charge in [0.05, 0.1) is 12.2 Å². The third-order valence-corrected chi connectivity index (χ3v) is 5.18. The van der Waals surface area contributed by atoms with E-state index in [4.69, 9.17) is 16.3 Å². The fourth-order valence-electron chi connectivity index (χ4n) is 2.98. The van der Waals surface area contributed by atoms with Crippen molar-refractivity contribution in [2.75, 3.05) is 20.3 Å². The molecular formula is C22H22ClFN4O4. The Labute approximate surface area is 188 Å². The van der Waals surface area contributed by atoms with Gasteiger partial charge in [-0.25, -0.2) is 9.18 Å². The summed E-state index contributed by atoms with van der Waals surface area (Å²) in [5.41, 5.74) is -1.07. The van der Waals surface area contributed by atoms with Gasteiger partial charge in [-0.15, -0.1) is 0 Å². The Bertz CT molecular complexity index is 1260. The first-order chi connectivity index (χ1) is 15.3. The zero-order valence-corrected chi connectivity index (χ0v) is 18.4. The Morgan fingerprint density at radius 2 is 1.97 bits per heavy atom. The summed E-state index contributed by atoms with van der Waals surface area (Å²) >= 11 is 6.19. The molecule has 0 saturated heterocycles. The summed E-state index contributed by atoms with van der Waals surface area (Å²) in [6.45, 7) is 2.10. The topological polar surface area (TPSA) is 95.2 Å². The molecule has 32 heavy (non-hydrogen) atoms. The lowest BCUT2D eigenvalue weighted by atomic mass is 10.2.